The Morgan fingerprint density at radius 3 is 2.71 bits per heavy atom. The normalized spacial score (nSPS) is 13.0. The van der Waals surface area contributed by atoms with Crippen molar-refractivity contribution in [1.82, 2.24) is 14.1 Å². The van der Waals surface area contributed by atoms with Gasteiger partial charge in [-0.1, -0.05) is 30.1 Å². The topological polar surface area (TPSA) is 37.8 Å². The molecule has 7 heteroatoms. The van der Waals surface area contributed by atoms with Crippen LogP contribution in [0, 0.1) is 0 Å². The summed E-state index contributed by atoms with van der Waals surface area (Å²) in [6, 6.07) is 6.28. The van der Waals surface area contributed by atoms with E-state index in [-0.39, 0.29) is 0 Å². The second-order valence-corrected chi connectivity index (χ2v) is 7.12. The predicted molar refractivity (Wildman–Crippen MR) is 92.8 cm³/mol. The van der Waals surface area contributed by atoms with Crippen LogP contribution in [0.2, 0.25) is 10.0 Å². The van der Waals surface area contributed by atoms with E-state index in [4.69, 9.17) is 23.2 Å². The molecule has 3 nitrogen and oxygen atoms in total. The van der Waals surface area contributed by atoms with E-state index in [0.717, 1.165) is 39.7 Å². The summed E-state index contributed by atoms with van der Waals surface area (Å²) in [6.45, 7) is 5.20. The molecule has 3 aromatic rings. The van der Waals surface area contributed by atoms with E-state index >= 15 is 0 Å². The third-order valence-corrected chi connectivity index (χ3v) is 5.65. The molecule has 1 unspecified atom stereocenters. The molecule has 1 aromatic carbocycles. The van der Waals surface area contributed by atoms with Crippen molar-refractivity contribution < 1.29 is 0 Å². The standard InChI is InChI=1S/C14H13Cl2N3S2/c1-3-17-7(2)10-4-5-11(20-10)12-8(15)6-9(16)13-14(12)19-21-18-13/h4-7,17H,3H2,1-2H3. The largest absolute Gasteiger partial charge is 0.310 e. The molecule has 0 fully saturated rings. The molecule has 0 bridgehead atoms. The van der Waals surface area contributed by atoms with Gasteiger partial charge in [-0.15, -0.1) is 11.3 Å². The summed E-state index contributed by atoms with van der Waals surface area (Å²) in [5.41, 5.74) is 2.42. The second-order valence-electron chi connectivity index (χ2n) is 4.66. The molecule has 1 N–H and O–H groups in total. The van der Waals surface area contributed by atoms with E-state index in [1.807, 2.05) is 0 Å². The van der Waals surface area contributed by atoms with Gasteiger partial charge < -0.3 is 5.32 Å². The molecule has 2 heterocycles. The van der Waals surface area contributed by atoms with Gasteiger partial charge in [-0.05, 0) is 31.7 Å². The quantitative estimate of drug-likeness (QED) is 0.679. The average Bonchev–Trinajstić information content (AvgIpc) is 3.08. The number of halogens is 2. The van der Waals surface area contributed by atoms with Gasteiger partial charge in [0.05, 0.1) is 21.8 Å². The summed E-state index contributed by atoms with van der Waals surface area (Å²) in [4.78, 5) is 2.36. The summed E-state index contributed by atoms with van der Waals surface area (Å²) < 4.78 is 8.61. The van der Waals surface area contributed by atoms with Crippen LogP contribution >= 0.6 is 46.3 Å². The fourth-order valence-corrected chi connectivity index (χ4v) is 4.60. The fourth-order valence-electron chi connectivity index (χ4n) is 2.24. The molecule has 110 valence electrons. The first-order valence-electron chi connectivity index (χ1n) is 6.55. The van der Waals surface area contributed by atoms with Gasteiger partial charge in [0, 0.05) is 21.4 Å². The number of nitrogens with one attached hydrogen (secondary N) is 1. The number of hydrogen-bond acceptors (Lipinski definition) is 5. The van der Waals surface area contributed by atoms with Crippen molar-refractivity contribution in [3.63, 3.8) is 0 Å². The lowest BCUT2D eigenvalue weighted by molar-refractivity contribution is 0.607. The summed E-state index contributed by atoms with van der Waals surface area (Å²) in [5, 5.41) is 4.57. The molecular formula is C14H13Cl2N3S2. The predicted octanol–water partition coefficient (Wildman–Crippen LogP) is 5.40. The molecular weight excluding hydrogens is 345 g/mol. The molecule has 3 rings (SSSR count). The minimum Gasteiger partial charge on any atom is -0.310 e. The molecule has 0 aliphatic carbocycles. The number of hydrogen-bond donors (Lipinski definition) is 1. The van der Waals surface area contributed by atoms with Crippen LogP contribution < -0.4 is 5.32 Å². The maximum absolute atomic E-state index is 6.39. The van der Waals surface area contributed by atoms with Crippen molar-refractivity contribution in [2.45, 2.75) is 19.9 Å². The van der Waals surface area contributed by atoms with Crippen LogP contribution in [0.5, 0.6) is 0 Å². The van der Waals surface area contributed by atoms with Crippen molar-refractivity contribution in [3.05, 3.63) is 33.1 Å². The van der Waals surface area contributed by atoms with E-state index in [1.54, 1.807) is 17.4 Å². The van der Waals surface area contributed by atoms with Crippen LogP contribution in [0.25, 0.3) is 21.5 Å². The van der Waals surface area contributed by atoms with Crippen LogP contribution in [0.1, 0.15) is 24.8 Å². The van der Waals surface area contributed by atoms with Gasteiger partial charge in [0.2, 0.25) is 0 Å². The highest BCUT2D eigenvalue weighted by Gasteiger charge is 2.18. The maximum atomic E-state index is 6.39. The molecule has 0 aliphatic rings. The number of benzene rings is 1. The molecule has 2 aromatic heterocycles. The van der Waals surface area contributed by atoms with Gasteiger partial charge in [0.25, 0.3) is 0 Å². The van der Waals surface area contributed by atoms with Crippen molar-refractivity contribution in [1.29, 1.82) is 0 Å². The number of fused-ring (bicyclic) bond motifs is 1. The lowest BCUT2D eigenvalue weighted by Gasteiger charge is -2.09. The lowest BCUT2D eigenvalue weighted by Crippen LogP contribution is -2.16. The zero-order valence-electron chi connectivity index (χ0n) is 11.5. The Morgan fingerprint density at radius 2 is 1.95 bits per heavy atom. The molecule has 0 amide bonds. The lowest BCUT2D eigenvalue weighted by atomic mass is 10.1. The third kappa shape index (κ3) is 2.81. The minimum absolute atomic E-state index is 0.323. The Balaban J connectivity index is 2.11. The summed E-state index contributed by atoms with van der Waals surface area (Å²) in [7, 11) is 0. The maximum Gasteiger partial charge on any atom is 0.124 e. The number of nitrogens with zero attached hydrogens (tertiary/aromatic N) is 2. The highest BCUT2D eigenvalue weighted by atomic mass is 35.5. The van der Waals surface area contributed by atoms with E-state index in [2.05, 4.69) is 40.0 Å². The first kappa shape index (κ1) is 15.2. The number of aromatic nitrogens is 2. The third-order valence-electron chi connectivity index (χ3n) is 3.25. The van der Waals surface area contributed by atoms with Crippen LogP contribution in [0.3, 0.4) is 0 Å². The zero-order chi connectivity index (χ0) is 15.0. The van der Waals surface area contributed by atoms with Crippen molar-refractivity contribution >= 4 is 57.3 Å². The first-order chi connectivity index (χ1) is 10.1. The molecule has 0 saturated heterocycles. The number of rotatable bonds is 4. The van der Waals surface area contributed by atoms with E-state index in [9.17, 15) is 0 Å². The molecule has 0 aliphatic heterocycles. The highest BCUT2D eigenvalue weighted by Crippen LogP contribution is 2.41. The Kier molecular flexibility index (Phi) is 4.47. The van der Waals surface area contributed by atoms with Gasteiger partial charge in [0.15, 0.2) is 0 Å². The summed E-state index contributed by atoms with van der Waals surface area (Å²) in [6.07, 6.45) is 0. The smallest absolute Gasteiger partial charge is 0.124 e. The molecule has 1 atom stereocenters. The molecule has 0 spiro atoms. The fraction of sp³-hybridized carbons (Fsp3) is 0.286. The van der Waals surface area contributed by atoms with Crippen LogP contribution in [0.15, 0.2) is 18.2 Å². The van der Waals surface area contributed by atoms with Crippen molar-refractivity contribution in [2.24, 2.45) is 0 Å². The molecule has 0 radical (unpaired) electrons. The number of thiophene rings is 1. The van der Waals surface area contributed by atoms with Gasteiger partial charge in [0.1, 0.15) is 11.0 Å². The first-order valence-corrected chi connectivity index (χ1v) is 8.85. The summed E-state index contributed by atoms with van der Waals surface area (Å²) in [5.74, 6) is 0. The van der Waals surface area contributed by atoms with E-state index < -0.39 is 0 Å². The van der Waals surface area contributed by atoms with Crippen LogP contribution in [-0.4, -0.2) is 15.3 Å². The Bertz CT molecular complexity index is 782. The van der Waals surface area contributed by atoms with E-state index in [1.165, 1.54) is 4.88 Å². The van der Waals surface area contributed by atoms with Crippen molar-refractivity contribution in [3.8, 4) is 10.4 Å². The van der Waals surface area contributed by atoms with Crippen LogP contribution in [-0.2, 0) is 0 Å². The monoisotopic (exact) mass is 357 g/mol. The SMILES string of the molecule is CCNC(C)c1ccc(-c2c(Cl)cc(Cl)c3nsnc23)s1. The zero-order valence-corrected chi connectivity index (χ0v) is 14.6. The second kappa shape index (κ2) is 6.18. The highest BCUT2D eigenvalue weighted by molar-refractivity contribution is 7.15. The van der Waals surface area contributed by atoms with Crippen LogP contribution in [0.4, 0.5) is 0 Å². The molecule has 0 saturated carbocycles. The van der Waals surface area contributed by atoms with Gasteiger partial charge in [-0.2, -0.15) is 8.75 Å². The van der Waals surface area contributed by atoms with Gasteiger partial charge in [-0.3, -0.25) is 0 Å². The van der Waals surface area contributed by atoms with Crippen molar-refractivity contribution in [2.75, 3.05) is 6.54 Å². The Morgan fingerprint density at radius 1 is 1.19 bits per heavy atom. The Labute approximate surface area is 141 Å². The van der Waals surface area contributed by atoms with Gasteiger partial charge in [-0.25, -0.2) is 0 Å². The van der Waals surface area contributed by atoms with Gasteiger partial charge >= 0.3 is 0 Å². The summed E-state index contributed by atoms with van der Waals surface area (Å²) >= 11 is 15.4. The average molecular weight is 358 g/mol. The molecule has 21 heavy (non-hydrogen) atoms. The van der Waals surface area contributed by atoms with E-state index in [0.29, 0.717) is 16.1 Å². The minimum atomic E-state index is 0.323. The Hall–Kier alpha value is -0.720.